The van der Waals surface area contributed by atoms with Crippen molar-refractivity contribution in [1.82, 2.24) is 10.3 Å². The third kappa shape index (κ3) is 2.78. The van der Waals surface area contributed by atoms with Crippen molar-refractivity contribution >= 4 is 5.69 Å². The first-order valence-electron chi connectivity index (χ1n) is 6.65. The first kappa shape index (κ1) is 12.4. The molecule has 0 radical (unpaired) electrons. The van der Waals surface area contributed by atoms with E-state index >= 15 is 0 Å². The number of aromatic nitrogens is 1. The first-order chi connectivity index (χ1) is 8.22. The fourth-order valence-corrected chi connectivity index (χ4v) is 2.59. The Bertz CT molecular complexity index is 376. The smallest absolute Gasteiger partial charge is 0.0433 e. The van der Waals surface area contributed by atoms with Crippen LogP contribution < -0.4 is 10.2 Å². The molecule has 0 amide bonds. The molecule has 1 aliphatic heterocycles. The van der Waals surface area contributed by atoms with Gasteiger partial charge in [0, 0.05) is 43.3 Å². The number of hydrogen-bond acceptors (Lipinski definition) is 3. The van der Waals surface area contributed by atoms with Gasteiger partial charge < -0.3 is 10.2 Å². The highest BCUT2D eigenvalue weighted by molar-refractivity contribution is 5.55. The average Bonchev–Trinajstić information content (AvgIpc) is 2.32. The van der Waals surface area contributed by atoms with Crippen molar-refractivity contribution in [1.29, 1.82) is 0 Å². The number of pyridine rings is 1. The van der Waals surface area contributed by atoms with E-state index in [2.05, 4.69) is 42.0 Å². The van der Waals surface area contributed by atoms with Gasteiger partial charge in [-0.3, -0.25) is 4.98 Å². The minimum Gasteiger partial charge on any atom is -0.368 e. The lowest BCUT2D eigenvalue weighted by Gasteiger charge is -2.35. The van der Waals surface area contributed by atoms with Crippen LogP contribution in [0.1, 0.15) is 31.5 Å². The van der Waals surface area contributed by atoms with E-state index in [1.54, 1.807) is 0 Å². The number of hydrogen-bond donors (Lipinski definition) is 1. The third-order valence-corrected chi connectivity index (χ3v) is 3.46. The Kier molecular flexibility index (Phi) is 4.00. The van der Waals surface area contributed by atoms with Gasteiger partial charge in [-0.15, -0.1) is 0 Å². The molecule has 2 heterocycles. The van der Waals surface area contributed by atoms with E-state index in [1.807, 2.05) is 6.20 Å². The zero-order chi connectivity index (χ0) is 12.3. The summed E-state index contributed by atoms with van der Waals surface area (Å²) < 4.78 is 0. The average molecular weight is 233 g/mol. The van der Waals surface area contributed by atoms with Crippen molar-refractivity contribution in [2.75, 3.05) is 24.5 Å². The van der Waals surface area contributed by atoms with E-state index in [9.17, 15) is 0 Å². The van der Waals surface area contributed by atoms with Crippen LogP contribution in [0.25, 0.3) is 0 Å². The Balaban J connectivity index is 2.27. The summed E-state index contributed by atoms with van der Waals surface area (Å²) in [4.78, 5) is 6.93. The second kappa shape index (κ2) is 5.50. The monoisotopic (exact) mass is 233 g/mol. The second-order valence-electron chi connectivity index (χ2n) is 4.95. The summed E-state index contributed by atoms with van der Waals surface area (Å²) in [6, 6.07) is 2.75. The zero-order valence-electron chi connectivity index (χ0n) is 11.2. The maximum absolute atomic E-state index is 4.43. The number of nitrogens with one attached hydrogen (secondary N) is 1. The van der Waals surface area contributed by atoms with Crippen molar-refractivity contribution in [3.8, 4) is 0 Å². The molecule has 0 bridgehead atoms. The summed E-state index contributed by atoms with van der Waals surface area (Å²) >= 11 is 0. The summed E-state index contributed by atoms with van der Waals surface area (Å²) in [7, 11) is 0. The first-order valence-corrected chi connectivity index (χ1v) is 6.65. The molecule has 17 heavy (non-hydrogen) atoms. The Morgan fingerprint density at radius 2 is 2.35 bits per heavy atom. The Morgan fingerprint density at radius 3 is 3.06 bits per heavy atom. The minimum absolute atomic E-state index is 0.576. The van der Waals surface area contributed by atoms with E-state index in [0.29, 0.717) is 6.04 Å². The highest BCUT2D eigenvalue weighted by Gasteiger charge is 2.18. The Morgan fingerprint density at radius 1 is 1.53 bits per heavy atom. The molecule has 0 saturated carbocycles. The van der Waals surface area contributed by atoms with E-state index in [-0.39, 0.29) is 0 Å². The van der Waals surface area contributed by atoms with Crippen LogP contribution in [0.2, 0.25) is 0 Å². The van der Waals surface area contributed by atoms with Gasteiger partial charge in [0.15, 0.2) is 0 Å². The quantitative estimate of drug-likeness (QED) is 0.867. The van der Waals surface area contributed by atoms with Crippen molar-refractivity contribution < 1.29 is 0 Å². The van der Waals surface area contributed by atoms with Crippen LogP contribution in [0, 0.1) is 6.92 Å². The molecule has 3 heteroatoms. The fourth-order valence-electron chi connectivity index (χ4n) is 2.59. The molecule has 1 fully saturated rings. The van der Waals surface area contributed by atoms with Crippen LogP contribution in [-0.4, -0.2) is 30.7 Å². The van der Waals surface area contributed by atoms with Gasteiger partial charge in [-0.05, 0) is 31.9 Å². The molecule has 94 valence electrons. The number of anilines is 1. The Labute approximate surface area is 104 Å². The lowest BCUT2D eigenvalue weighted by molar-refractivity contribution is 0.484. The highest BCUT2D eigenvalue weighted by Crippen LogP contribution is 2.24. The molecule has 1 N–H and O–H groups in total. The lowest BCUT2D eigenvalue weighted by atomic mass is 10.0. The van der Waals surface area contributed by atoms with E-state index in [0.717, 1.165) is 26.1 Å². The molecule has 1 unspecified atom stereocenters. The van der Waals surface area contributed by atoms with Crippen molar-refractivity contribution in [2.24, 2.45) is 0 Å². The van der Waals surface area contributed by atoms with Gasteiger partial charge in [0.1, 0.15) is 0 Å². The predicted octanol–water partition coefficient (Wildman–Crippen LogP) is 2.14. The molecule has 0 aliphatic carbocycles. The molecule has 0 aromatic carbocycles. The fraction of sp³-hybridized carbons (Fsp3) is 0.643. The molecule has 1 saturated heterocycles. The summed E-state index contributed by atoms with van der Waals surface area (Å²) in [6.07, 6.45) is 4.25. The van der Waals surface area contributed by atoms with Crippen LogP contribution in [0.3, 0.4) is 0 Å². The summed E-state index contributed by atoms with van der Waals surface area (Å²) in [5, 5.41) is 3.49. The molecule has 2 rings (SSSR count). The zero-order valence-corrected chi connectivity index (χ0v) is 11.2. The molecule has 0 spiro atoms. The molecule has 3 nitrogen and oxygen atoms in total. The van der Waals surface area contributed by atoms with E-state index < -0.39 is 0 Å². The standard InChI is InChI=1S/C14H23N3/c1-4-5-13-12(3)16-7-6-14(13)17-9-8-15-11(2)10-17/h6-7,11,15H,4-5,8-10H2,1-3H3. The van der Waals surface area contributed by atoms with Gasteiger partial charge in [0.2, 0.25) is 0 Å². The van der Waals surface area contributed by atoms with Crippen LogP contribution in [0.5, 0.6) is 0 Å². The topological polar surface area (TPSA) is 28.2 Å². The van der Waals surface area contributed by atoms with Gasteiger partial charge in [0.05, 0.1) is 0 Å². The molecular formula is C14H23N3. The van der Waals surface area contributed by atoms with Gasteiger partial charge in [-0.1, -0.05) is 13.3 Å². The molecular weight excluding hydrogens is 210 g/mol. The number of rotatable bonds is 3. The summed E-state index contributed by atoms with van der Waals surface area (Å²) in [5.41, 5.74) is 4.02. The van der Waals surface area contributed by atoms with Crippen molar-refractivity contribution in [3.63, 3.8) is 0 Å². The van der Waals surface area contributed by atoms with E-state index in [4.69, 9.17) is 0 Å². The van der Waals surface area contributed by atoms with Crippen LogP contribution in [0.4, 0.5) is 5.69 Å². The highest BCUT2D eigenvalue weighted by atomic mass is 15.2. The van der Waals surface area contributed by atoms with Crippen LogP contribution in [-0.2, 0) is 6.42 Å². The second-order valence-corrected chi connectivity index (χ2v) is 4.95. The predicted molar refractivity (Wildman–Crippen MR) is 72.6 cm³/mol. The SMILES string of the molecule is CCCc1c(N2CCNC(C)C2)ccnc1C. The number of piperazine rings is 1. The largest absolute Gasteiger partial charge is 0.368 e. The maximum atomic E-state index is 4.43. The Hall–Kier alpha value is -1.09. The normalized spacial score (nSPS) is 20.6. The van der Waals surface area contributed by atoms with E-state index in [1.165, 1.54) is 23.4 Å². The molecule has 1 aromatic rings. The third-order valence-electron chi connectivity index (χ3n) is 3.46. The molecule has 1 aliphatic rings. The van der Waals surface area contributed by atoms with Gasteiger partial charge in [0.25, 0.3) is 0 Å². The van der Waals surface area contributed by atoms with Gasteiger partial charge in [-0.25, -0.2) is 0 Å². The molecule has 1 atom stereocenters. The van der Waals surface area contributed by atoms with Gasteiger partial charge >= 0.3 is 0 Å². The van der Waals surface area contributed by atoms with Gasteiger partial charge in [-0.2, -0.15) is 0 Å². The minimum atomic E-state index is 0.576. The number of aryl methyl sites for hydroxylation is 1. The van der Waals surface area contributed by atoms with Crippen LogP contribution >= 0.6 is 0 Å². The summed E-state index contributed by atoms with van der Waals surface area (Å²) in [6.45, 7) is 9.88. The molecule has 1 aromatic heterocycles. The van der Waals surface area contributed by atoms with Crippen LogP contribution in [0.15, 0.2) is 12.3 Å². The van der Waals surface area contributed by atoms with Crippen molar-refractivity contribution in [2.45, 2.75) is 39.7 Å². The maximum Gasteiger partial charge on any atom is 0.0433 e. The number of nitrogens with zero attached hydrogens (tertiary/aromatic N) is 2. The lowest BCUT2D eigenvalue weighted by Crippen LogP contribution is -2.49. The summed E-state index contributed by atoms with van der Waals surface area (Å²) in [5.74, 6) is 0. The van der Waals surface area contributed by atoms with Crippen molar-refractivity contribution in [3.05, 3.63) is 23.5 Å².